The SMILES string of the molecule is [2H]C([2H])(NC(=O)[C@H]1CCCN1c1nc2c(=O)[nH]c(-c3ccccc3)nc2s1)c1ccccc1. The van der Waals surface area contributed by atoms with E-state index in [4.69, 9.17) is 2.74 Å². The van der Waals surface area contributed by atoms with E-state index in [1.165, 1.54) is 11.3 Å². The number of H-pyrrole nitrogens is 1. The Morgan fingerprint density at radius 2 is 1.90 bits per heavy atom. The van der Waals surface area contributed by atoms with Gasteiger partial charge in [0.25, 0.3) is 5.56 Å². The van der Waals surface area contributed by atoms with Gasteiger partial charge in [0.15, 0.2) is 15.5 Å². The van der Waals surface area contributed by atoms with E-state index in [0.717, 1.165) is 12.0 Å². The minimum atomic E-state index is -2.00. The van der Waals surface area contributed by atoms with Crippen LogP contribution in [0.5, 0.6) is 0 Å². The summed E-state index contributed by atoms with van der Waals surface area (Å²) in [6.07, 6.45) is 1.34. The van der Waals surface area contributed by atoms with Crippen molar-refractivity contribution in [3.63, 3.8) is 0 Å². The summed E-state index contributed by atoms with van der Waals surface area (Å²) in [5, 5.41) is 3.07. The number of fused-ring (bicyclic) bond motifs is 1. The molecule has 1 aliphatic rings. The van der Waals surface area contributed by atoms with E-state index in [9.17, 15) is 9.59 Å². The highest BCUT2D eigenvalue weighted by Crippen LogP contribution is 2.32. The van der Waals surface area contributed by atoms with E-state index >= 15 is 0 Å². The first kappa shape index (κ1) is 17.2. The third kappa shape index (κ3) is 3.94. The molecule has 2 aromatic heterocycles. The number of nitrogens with one attached hydrogen (secondary N) is 2. The van der Waals surface area contributed by atoms with E-state index < -0.39 is 18.4 Å². The number of nitrogens with zero attached hydrogens (tertiary/aromatic N) is 3. The quantitative estimate of drug-likeness (QED) is 0.504. The lowest BCUT2D eigenvalue weighted by Gasteiger charge is -2.23. The van der Waals surface area contributed by atoms with Gasteiger partial charge in [-0.25, -0.2) is 9.97 Å². The highest BCUT2D eigenvalue weighted by Gasteiger charge is 2.33. The fourth-order valence-electron chi connectivity index (χ4n) is 3.68. The molecule has 0 radical (unpaired) electrons. The molecule has 1 fully saturated rings. The fourth-order valence-corrected chi connectivity index (χ4v) is 4.70. The molecular weight excluding hydrogens is 410 g/mol. The Morgan fingerprint density at radius 3 is 2.68 bits per heavy atom. The molecule has 1 atom stereocenters. The molecule has 4 aromatic rings. The number of aromatic amines is 1. The lowest BCUT2D eigenvalue weighted by molar-refractivity contribution is -0.122. The molecule has 0 unspecified atom stereocenters. The summed E-state index contributed by atoms with van der Waals surface area (Å²) in [4.78, 5) is 39.9. The Balaban J connectivity index is 1.42. The number of thiazole rings is 1. The van der Waals surface area contributed by atoms with Crippen LogP contribution in [0.1, 0.15) is 21.1 Å². The van der Waals surface area contributed by atoms with Gasteiger partial charge in [0.2, 0.25) is 5.91 Å². The summed E-state index contributed by atoms with van der Waals surface area (Å²) in [5.41, 5.74) is 1.09. The van der Waals surface area contributed by atoms with Crippen molar-refractivity contribution in [2.75, 3.05) is 11.4 Å². The largest absolute Gasteiger partial charge is 0.350 e. The third-order valence-electron chi connectivity index (χ3n) is 5.21. The van der Waals surface area contributed by atoms with Crippen LogP contribution < -0.4 is 15.8 Å². The van der Waals surface area contributed by atoms with Crippen LogP contribution >= 0.6 is 11.3 Å². The Labute approximate surface area is 185 Å². The van der Waals surface area contributed by atoms with Crippen molar-refractivity contribution in [1.29, 1.82) is 0 Å². The molecule has 3 heterocycles. The maximum Gasteiger partial charge on any atom is 0.278 e. The van der Waals surface area contributed by atoms with Crippen molar-refractivity contribution in [3.8, 4) is 11.4 Å². The fraction of sp³-hybridized carbons (Fsp3) is 0.217. The van der Waals surface area contributed by atoms with Gasteiger partial charge in [0.05, 0.1) is 2.74 Å². The molecule has 5 rings (SSSR count). The van der Waals surface area contributed by atoms with Crippen LogP contribution in [-0.4, -0.2) is 33.4 Å². The number of rotatable bonds is 5. The molecular formula is C23H21N5O2S. The molecule has 2 aromatic carbocycles. The van der Waals surface area contributed by atoms with E-state index in [-0.39, 0.29) is 11.1 Å². The van der Waals surface area contributed by atoms with E-state index in [2.05, 4.69) is 20.3 Å². The Bertz CT molecular complexity index is 1360. The highest BCUT2D eigenvalue weighted by molar-refractivity contribution is 7.21. The van der Waals surface area contributed by atoms with Crippen molar-refractivity contribution in [3.05, 3.63) is 76.6 Å². The van der Waals surface area contributed by atoms with Gasteiger partial charge in [-0.15, -0.1) is 0 Å². The van der Waals surface area contributed by atoms with Crippen molar-refractivity contribution in [2.24, 2.45) is 0 Å². The number of carbonyl (C=O) groups excluding carboxylic acids is 1. The number of aromatic nitrogens is 3. The van der Waals surface area contributed by atoms with Crippen molar-refractivity contribution >= 4 is 32.7 Å². The maximum absolute atomic E-state index is 13.0. The number of hydrogen-bond acceptors (Lipinski definition) is 6. The van der Waals surface area contributed by atoms with Crippen molar-refractivity contribution < 1.29 is 7.54 Å². The second kappa shape index (κ2) is 8.31. The molecule has 31 heavy (non-hydrogen) atoms. The second-order valence-corrected chi connectivity index (χ2v) is 8.22. The average Bonchev–Trinajstić information content (AvgIpc) is 3.47. The summed E-state index contributed by atoms with van der Waals surface area (Å²) in [6.45, 7) is -1.40. The van der Waals surface area contributed by atoms with Gasteiger partial charge in [0, 0.05) is 18.6 Å². The standard InChI is InChI=1S/C23H21N5O2S/c29-20(24-14-15-8-3-1-4-9-15)17-12-7-13-28(17)23-25-18-21(30)26-19(27-22(18)31-23)16-10-5-2-6-11-16/h1-6,8-11,17H,7,12-14H2,(H,24,29)(H,26,27,30)/t17-/m1/s1/i14D2. The number of hydrogen-bond donors (Lipinski definition) is 2. The summed E-state index contributed by atoms with van der Waals surface area (Å²) in [7, 11) is 0. The topological polar surface area (TPSA) is 91.0 Å². The average molecular weight is 434 g/mol. The lowest BCUT2D eigenvalue weighted by Crippen LogP contribution is -2.43. The van der Waals surface area contributed by atoms with Crippen LogP contribution in [0, 0.1) is 0 Å². The third-order valence-corrected chi connectivity index (χ3v) is 6.20. The van der Waals surface area contributed by atoms with Crippen LogP contribution in [0.15, 0.2) is 65.5 Å². The summed E-state index contributed by atoms with van der Waals surface area (Å²) in [6, 6.07) is 17.4. The van der Waals surface area contributed by atoms with E-state index in [1.54, 1.807) is 30.3 Å². The zero-order chi connectivity index (χ0) is 23.0. The van der Waals surface area contributed by atoms with Crippen LogP contribution in [0.4, 0.5) is 5.13 Å². The molecule has 1 amide bonds. The van der Waals surface area contributed by atoms with Gasteiger partial charge in [-0.3, -0.25) is 9.59 Å². The molecule has 0 bridgehead atoms. The predicted molar refractivity (Wildman–Crippen MR) is 122 cm³/mol. The molecule has 2 N–H and O–H groups in total. The highest BCUT2D eigenvalue weighted by atomic mass is 32.1. The van der Waals surface area contributed by atoms with Crippen molar-refractivity contribution in [1.82, 2.24) is 20.3 Å². The predicted octanol–water partition coefficient (Wildman–Crippen LogP) is 3.33. The van der Waals surface area contributed by atoms with Crippen LogP contribution in [0.25, 0.3) is 21.7 Å². The number of benzene rings is 2. The van der Waals surface area contributed by atoms with Crippen LogP contribution in [0.3, 0.4) is 0 Å². The zero-order valence-corrected chi connectivity index (χ0v) is 17.4. The van der Waals surface area contributed by atoms with Crippen LogP contribution in [0.2, 0.25) is 0 Å². The van der Waals surface area contributed by atoms with Gasteiger partial charge < -0.3 is 15.2 Å². The first-order chi connectivity index (χ1) is 15.9. The molecule has 0 saturated carbocycles. The Morgan fingerprint density at radius 1 is 1.16 bits per heavy atom. The second-order valence-electron chi connectivity index (χ2n) is 7.26. The molecule has 8 heteroatoms. The number of amides is 1. The van der Waals surface area contributed by atoms with E-state index in [1.807, 2.05) is 35.2 Å². The molecule has 1 aliphatic heterocycles. The van der Waals surface area contributed by atoms with Crippen molar-refractivity contribution in [2.45, 2.75) is 25.4 Å². The zero-order valence-electron chi connectivity index (χ0n) is 18.5. The van der Waals surface area contributed by atoms with Gasteiger partial charge in [-0.05, 0) is 18.4 Å². The normalized spacial score (nSPS) is 17.4. The molecule has 0 spiro atoms. The van der Waals surface area contributed by atoms with Crippen LogP contribution in [-0.2, 0) is 11.3 Å². The Kier molecular flexibility index (Phi) is 4.61. The molecule has 7 nitrogen and oxygen atoms in total. The maximum atomic E-state index is 13.0. The minimum Gasteiger partial charge on any atom is -0.350 e. The molecule has 1 saturated heterocycles. The Hall–Kier alpha value is -3.52. The monoisotopic (exact) mass is 433 g/mol. The number of anilines is 1. The van der Waals surface area contributed by atoms with Gasteiger partial charge in [-0.1, -0.05) is 72.0 Å². The summed E-state index contributed by atoms with van der Waals surface area (Å²) < 4.78 is 16.6. The van der Waals surface area contributed by atoms with Gasteiger partial charge in [0.1, 0.15) is 11.9 Å². The summed E-state index contributed by atoms with van der Waals surface area (Å²) >= 11 is 1.26. The number of carbonyl (C=O) groups is 1. The van der Waals surface area contributed by atoms with Gasteiger partial charge in [-0.2, -0.15) is 0 Å². The minimum absolute atomic E-state index is 0.236. The molecule has 0 aliphatic carbocycles. The molecule has 156 valence electrons. The first-order valence-electron chi connectivity index (χ1n) is 11.0. The lowest BCUT2D eigenvalue weighted by atomic mass is 10.2. The van der Waals surface area contributed by atoms with Gasteiger partial charge >= 0.3 is 0 Å². The smallest absolute Gasteiger partial charge is 0.278 e. The first-order valence-corrected chi connectivity index (χ1v) is 10.8. The van der Waals surface area contributed by atoms with E-state index in [0.29, 0.717) is 34.3 Å². The summed E-state index contributed by atoms with van der Waals surface area (Å²) in [5.74, 6) is 0.0579.